The highest BCUT2D eigenvalue weighted by Gasteiger charge is 2.35. The molecule has 0 aliphatic carbocycles. The first-order valence-electron chi connectivity index (χ1n) is 12.0. The number of hydrogen-bond acceptors (Lipinski definition) is 6. The Morgan fingerprint density at radius 1 is 1.00 bits per heavy atom. The minimum Gasteiger partial charge on any atom is -0.491 e. The lowest BCUT2D eigenvalue weighted by molar-refractivity contribution is -0.123. The molecule has 0 aromatic heterocycles. The number of carbonyl (C=O) groups excluding carboxylic acids is 2. The average molecular weight is 617 g/mol. The van der Waals surface area contributed by atoms with Gasteiger partial charge in [-0.25, -0.2) is 0 Å². The molecule has 0 bridgehead atoms. The van der Waals surface area contributed by atoms with Crippen molar-refractivity contribution >= 4 is 56.5 Å². The van der Waals surface area contributed by atoms with E-state index >= 15 is 0 Å². The molecule has 0 saturated carbocycles. The Morgan fingerprint density at radius 3 is 2.55 bits per heavy atom. The van der Waals surface area contributed by atoms with E-state index in [0.29, 0.717) is 38.1 Å². The van der Waals surface area contributed by atoms with Crippen molar-refractivity contribution in [2.24, 2.45) is 0 Å². The number of amides is 2. The third-order valence-corrected chi connectivity index (χ3v) is 7.61. The van der Waals surface area contributed by atoms with Gasteiger partial charge in [0.15, 0.2) is 11.5 Å². The van der Waals surface area contributed by atoms with Gasteiger partial charge in [-0.2, -0.15) is 0 Å². The molecule has 38 heavy (non-hydrogen) atoms. The van der Waals surface area contributed by atoms with Crippen LogP contribution >= 0.6 is 39.3 Å². The van der Waals surface area contributed by atoms with Gasteiger partial charge in [0.05, 0.1) is 22.5 Å². The van der Waals surface area contributed by atoms with Crippen LogP contribution in [0.4, 0.5) is 4.79 Å². The van der Waals surface area contributed by atoms with E-state index in [1.807, 2.05) is 69.3 Å². The number of carbonyl (C=O) groups is 2. The van der Waals surface area contributed by atoms with Crippen molar-refractivity contribution in [3.8, 4) is 17.2 Å². The van der Waals surface area contributed by atoms with Gasteiger partial charge in [0.25, 0.3) is 11.1 Å². The van der Waals surface area contributed by atoms with Gasteiger partial charge in [-0.3, -0.25) is 14.5 Å². The number of nitrogens with zero attached hydrogens (tertiary/aromatic N) is 1. The van der Waals surface area contributed by atoms with Gasteiger partial charge in [-0.05, 0) is 95.5 Å². The quantitative estimate of drug-likeness (QED) is 0.217. The number of hydrogen-bond donors (Lipinski definition) is 0. The fourth-order valence-electron chi connectivity index (χ4n) is 3.79. The molecule has 1 fully saturated rings. The van der Waals surface area contributed by atoms with Crippen LogP contribution in [-0.2, 0) is 11.4 Å². The molecule has 1 heterocycles. The Balaban J connectivity index is 1.47. The first-order valence-corrected chi connectivity index (χ1v) is 14.0. The number of thioether (sulfide) groups is 1. The van der Waals surface area contributed by atoms with Crippen LogP contribution in [0.1, 0.15) is 29.2 Å². The van der Waals surface area contributed by atoms with E-state index in [-0.39, 0.29) is 30.9 Å². The topological polar surface area (TPSA) is 65.1 Å². The lowest BCUT2D eigenvalue weighted by atomic mass is 10.1. The van der Waals surface area contributed by atoms with Crippen LogP contribution in [0.25, 0.3) is 6.08 Å². The third-order valence-electron chi connectivity index (χ3n) is 5.75. The fraction of sp³-hybridized carbons (Fsp3) is 0.241. The number of rotatable bonds is 10. The minimum atomic E-state index is -0.349. The summed E-state index contributed by atoms with van der Waals surface area (Å²) in [5.41, 5.74) is 3.63. The Morgan fingerprint density at radius 2 is 1.79 bits per heavy atom. The van der Waals surface area contributed by atoms with Crippen molar-refractivity contribution in [2.45, 2.75) is 27.4 Å². The maximum absolute atomic E-state index is 13.0. The molecule has 3 aromatic rings. The van der Waals surface area contributed by atoms with Gasteiger partial charge in [0.1, 0.15) is 19.0 Å². The fourth-order valence-corrected chi connectivity index (χ4v) is 5.42. The summed E-state index contributed by atoms with van der Waals surface area (Å²) in [6.07, 6.45) is 1.68. The summed E-state index contributed by atoms with van der Waals surface area (Å²) in [4.78, 5) is 27.2. The molecule has 4 rings (SSSR count). The first-order chi connectivity index (χ1) is 18.3. The Hall–Kier alpha value is -2.94. The molecular weight excluding hydrogens is 590 g/mol. The van der Waals surface area contributed by atoms with Gasteiger partial charge in [0, 0.05) is 10.6 Å². The molecule has 198 valence electrons. The summed E-state index contributed by atoms with van der Waals surface area (Å²) in [7, 11) is 0. The zero-order chi connectivity index (χ0) is 27.2. The monoisotopic (exact) mass is 615 g/mol. The zero-order valence-electron chi connectivity index (χ0n) is 21.3. The van der Waals surface area contributed by atoms with Crippen LogP contribution in [0.3, 0.4) is 0 Å². The van der Waals surface area contributed by atoms with E-state index in [9.17, 15) is 9.59 Å². The van der Waals surface area contributed by atoms with E-state index < -0.39 is 0 Å². The van der Waals surface area contributed by atoms with Crippen molar-refractivity contribution in [3.63, 3.8) is 0 Å². The van der Waals surface area contributed by atoms with Crippen LogP contribution in [-0.4, -0.2) is 35.8 Å². The summed E-state index contributed by atoms with van der Waals surface area (Å²) in [5.74, 6) is 1.44. The molecule has 1 aliphatic heterocycles. The first kappa shape index (κ1) is 28.1. The van der Waals surface area contributed by atoms with E-state index in [2.05, 4.69) is 15.9 Å². The number of ether oxygens (including phenoxy) is 3. The van der Waals surface area contributed by atoms with Gasteiger partial charge >= 0.3 is 0 Å². The maximum Gasteiger partial charge on any atom is 0.293 e. The molecule has 0 N–H and O–H groups in total. The second kappa shape index (κ2) is 12.7. The van der Waals surface area contributed by atoms with Crippen molar-refractivity contribution in [1.29, 1.82) is 0 Å². The van der Waals surface area contributed by atoms with E-state index in [1.54, 1.807) is 12.1 Å². The summed E-state index contributed by atoms with van der Waals surface area (Å²) in [6, 6.07) is 17.0. The molecule has 0 spiro atoms. The van der Waals surface area contributed by atoms with E-state index in [0.717, 1.165) is 34.2 Å². The summed E-state index contributed by atoms with van der Waals surface area (Å²) >= 11 is 10.7. The van der Waals surface area contributed by atoms with Crippen LogP contribution < -0.4 is 14.2 Å². The van der Waals surface area contributed by atoms with Crippen LogP contribution in [0.5, 0.6) is 17.2 Å². The van der Waals surface area contributed by atoms with Gasteiger partial charge in [-0.15, -0.1) is 0 Å². The highest BCUT2D eigenvalue weighted by molar-refractivity contribution is 9.10. The molecule has 3 aromatic carbocycles. The molecule has 2 amide bonds. The Kier molecular flexibility index (Phi) is 9.41. The molecule has 0 radical (unpaired) electrons. The molecule has 1 aliphatic rings. The highest BCUT2D eigenvalue weighted by Crippen LogP contribution is 2.40. The standard InChI is InChI=1S/C29H27BrClNO5S/c1-4-35-25-15-20(14-22(30)27(25)37-17-21-7-5-6-8-23(21)31)16-26-28(33)32(29(34)38-26)11-12-36-24-13-18(2)9-10-19(24)3/h5-10,13-16H,4,11-12,17H2,1-3H3/b26-16-. The predicted octanol–water partition coefficient (Wildman–Crippen LogP) is 7.81. The number of halogens is 2. The van der Waals surface area contributed by atoms with Gasteiger partial charge < -0.3 is 14.2 Å². The molecule has 9 heteroatoms. The second-order valence-corrected chi connectivity index (χ2v) is 10.8. The van der Waals surface area contributed by atoms with Crippen molar-refractivity contribution in [2.75, 3.05) is 19.8 Å². The Labute approximate surface area is 240 Å². The van der Waals surface area contributed by atoms with Crippen molar-refractivity contribution < 1.29 is 23.8 Å². The maximum atomic E-state index is 13.0. The normalized spacial score (nSPS) is 14.3. The van der Waals surface area contributed by atoms with E-state index in [4.69, 9.17) is 25.8 Å². The average Bonchev–Trinajstić information content (AvgIpc) is 3.14. The van der Waals surface area contributed by atoms with Crippen LogP contribution in [0, 0.1) is 13.8 Å². The van der Waals surface area contributed by atoms with Crippen LogP contribution in [0.2, 0.25) is 5.02 Å². The lowest BCUT2D eigenvalue weighted by Gasteiger charge is -2.15. The molecule has 6 nitrogen and oxygen atoms in total. The molecule has 0 unspecified atom stereocenters. The summed E-state index contributed by atoms with van der Waals surface area (Å²) < 4.78 is 18.4. The SMILES string of the molecule is CCOc1cc(/C=C2\SC(=O)N(CCOc3cc(C)ccc3C)C2=O)cc(Br)c1OCc1ccccc1Cl. The number of imide groups is 1. The predicted molar refractivity (Wildman–Crippen MR) is 155 cm³/mol. The molecule has 1 saturated heterocycles. The molecular formula is C29H27BrClNO5S. The minimum absolute atomic E-state index is 0.165. The zero-order valence-corrected chi connectivity index (χ0v) is 24.4. The van der Waals surface area contributed by atoms with Crippen LogP contribution in [0.15, 0.2) is 64.0 Å². The number of aryl methyl sites for hydroxylation is 2. The number of benzene rings is 3. The summed E-state index contributed by atoms with van der Waals surface area (Å²) in [5, 5.41) is 0.294. The third kappa shape index (κ3) is 6.73. The van der Waals surface area contributed by atoms with E-state index in [1.165, 1.54) is 4.90 Å². The van der Waals surface area contributed by atoms with Crippen molar-refractivity contribution in [1.82, 2.24) is 4.90 Å². The Bertz CT molecular complexity index is 1390. The second-order valence-electron chi connectivity index (χ2n) is 8.59. The highest BCUT2D eigenvalue weighted by atomic mass is 79.9. The van der Waals surface area contributed by atoms with Gasteiger partial charge in [-0.1, -0.05) is 41.9 Å². The summed E-state index contributed by atoms with van der Waals surface area (Å²) in [6.45, 7) is 6.89. The van der Waals surface area contributed by atoms with Crippen molar-refractivity contribution in [3.05, 3.63) is 91.3 Å². The largest absolute Gasteiger partial charge is 0.491 e. The molecule has 0 atom stereocenters. The lowest BCUT2D eigenvalue weighted by Crippen LogP contribution is -2.32. The smallest absolute Gasteiger partial charge is 0.293 e. The van der Waals surface area contributed by atoms with Gasteiger partial charge in [0.2, 0.25) is 0 Å².